The van der Waals surface area contributed by atoms with Gasteiger partial charge in [0.05, 0.1) is 30.6 Å². The van der Waals surface area contributed by atoms with Gasteiger partial charge in [-0.05, 0) is 44.2 Å². The molecule has 1 amide bonds. The first-order valence-corrected chi connectivity index (χ1v) is 12.9. The molecule has 0 spiro atoms. The molecule has 4 aliphatic rings. The van der Waals surface area contributed by atoms with E-state index in [9.17, 15) is 31.1 Å². The van der Waals surface area contributed by atoms with Crippen LogP contribution in [-0.4, -0.2) is 85.7 Å². The summed E-state index contributed by atoms with van der Waals surface area (Å²) in [5.74, 6) is -0.493. The van der Waals surface area contributed by atoms with Crippen LogP contribution >= 0.6 is 0 Å². The van der Waals surface area contributed by atoms with Crippen LogP contribution in [0.15, 0.2) is 18.3 Å². The number of fused-ring (bicyclic) bond motifs is 2. The first-order valence-electron chi connectivity index (χ1n) is 12.9. The number of anilines is 1. The summed E-state index contributed by atoms with van der Waals surface area (Å²) in [6.45, 7) is 1.41. The summed E-state index contributed by atoms with van der Waals surface area (Å²) >= 11 is 0. The number of nitrogens with one attached hydrogen (secondary N) is 1. The quantitative estimate of drug-likeness (QED) is 0.545. The third-order valence-electron chi connectivity index (χ3n) is 8.52. The van der Waals surface area contributed by atoms with E-state index in [-0.39, 0.29) is 56.2 Å². The number of rotatable bonds is 6. The second-order valence-electron chi connectivity index (χ2n) is 11.0. The van der Waals surface area contributed by atoms with Crippen LogP contribution in [0.25, 0.3) is 0 Å². The lowest BCUT2D eigenvalue weighted by Gasteiger charge is -2.41. The zero-order valence-electron chi connectivity index (χ0n) is 21.0. The smallest absolute Gasteiger partial charge is 0.379 e. The molecule has 4 fully saturated rings. The van der Waals surface area contributed by atoms with Crippen LogP contribution in [0.1, 0.15) is 44.2 Å². The molecule has 3 saturated heterocycles. The van der Waals surface area contributed by atoms with Gasteiger partial charge in [0.1, 0.15) is 5.69 Å². The van der Waals surface area contributed by atoms with Crippen molar-refractivity contribution in [3.63, 3.8) is 0 Å². The van der Waals surface area contributed by atoms with E-state index in [0.717, 1.165) is 12.3 Å². The number of likely N-dealkylation sites (tertiary alicyclic amines) is 1. The Hall–Kier alpha value is -2.12. The number of alkyl halides is 6. The molecule has 0 radical (unpaired) electrons. The molecule has 13 heteroatoms. The average molecular weight is 551 g/mol. The van der Waals surface area contributed by atoms with Crippen molar-refractivity contribution in [2.45, 2.75) is 81.1 Å². The molecule has 1 aliphatic carbocycles. The van der Waals surface area contributed by atoms with E-state index >= 15 is 0 Å². The summed E-state index contributed by atoms with van der Waals surface area (Å²) < 4.78 is 91.6. The molecular weight excluding hydrogens is 518 g/mol. The lowest BCUT2D eigenvalue weighted by atomic mass is 9.80. The average Bonchev–Trinajstić information content (AvgIpc) is 3.58. The zero-order valence-corrected chi connectivity index (χ0v) is 21.0. The van der Waals surface area contributed by atoms with Crippen LogP contribution < -0.4 is 10.2 Å². The maximum absolute atomic E-state index is 13.8. The fourth-order valence-electron chi connectivity index (χ4n) is 6.81. The lowest BCUT2D eigenvalue weighted by Crippen LogP contribution is -2.54. The first-order chi connectivity index (χ1) is 17.9. The normalized spacial score (nSPS) is 33.8. The third kappa shape index (κ3) is 5.46. The number of pyridine rings is 1. The maximum Gasteiger partial charge on any atom is 0.433 e. The molecule has 2 bridgehead atoms. The van der Waals surface area contributed by atoms with Crippen molar-refractivity contribution in [1.29, 1.82) is 0 Å². The molecule has 212 valence electrons. The van der Waals surface area contributed by atoms with Crippen molar-refractivity contribution < 1.29 is 40.6 Å². The van der Waals surface area contributed by atoms with Crippen molar-refractivity contribution in [2.75, 3.05) is 38.3 Å². The lowest BCUT2D eigenvalue weighted by molar-refractivity contribution is -0.174. The van der Waals surface area contributed by atoms with Crippen LogP contribution in [0, 0.1) is 5.41 Å². The van der Waals surface area contributed by atoms with Gasteiger partial charge in [0, 0.05) is 56.8 Å². The number of ether oxygens (including phenoxy) is 2. The monoisotopic (exact) mass is 550 g/mol. The van der Waals surface area contributed by atoms with Gasteiger partial charge in [-0.15, -0.1) is 0 Å². The van der Waals surface area contributed by atoms with Gasteiger partial charge in [-0.1, -0.05) is 0 Å². The van der Waals surface area contributed by atoms with E-state index < -0.39 is 35.8 Å². The van der Waals surface area contributed by atoms with Gasteiger partial charge < -0.3 is 24.6 Å². The highest BCUT2D eigenvalue weighted by molar-refractivity contribution is 5.84. The Kier molecular flexibility index (Phi) is 7.31. The van der Waals surface area contributed by atoms with Gasteiger partial charge >= 0.3 is 12.4 Å². The second kappa shape index (κ2) is 10.1. The summed E-state index contributed by atoms with van der Waals surface area (Å²) in [5.41, 5.74) is -2.20. The predicted octanol–water partition coefficient (Wildman–Crippen LogP) is 3.77. The number of piperazine rings is 1. The molecule has 0 aromatic carbocycles. The Morgan fingerprint density at radius 2 is 2.00 bits per heavy atom. The van der Waals surface area contributed by atoms with E-state index in [1.807, 2.05) is 0 Å². The molecule has 7 nitrogen and oxygen atoms in total. The minimum absolute atomic E-state index is 0.0613. The van der Waals surface area contributed by atoms with Gasteiger partial charge in [0.25, 0.3) is 0 Å². The maximum atomic E-state index is 13.8. The van der Waals surface area contributed by atoms with Crippen LogP contribution in [0.5, 0.6) is 0 Å². The van der Waals surface area contributed by atoms with Gasteiger partial charge in [-0.25, -0.2) is 0 Å². The number of hydrogen-bond donors (Lipinski definition) is 1. The predicted molar refractivity (Wildman–Crippen MR) is 124 cm³/mol. The molecule has 1 aromatic rings. The number of nitrogens with zero attached hydrogens (tertiary/aromatic N) is 3. The fraction of sp³-hybridized carbons (Fsp3) is 0.760. The second-order valence-corrected chi connectivity index (χ2v) is 11.0. The Balaban J connectivity index is 1.29. The van der Waals surface area contributed by atoms with E-state index in [0.29, 0.717) is 38.2 Å². The summed E-state index contributed by atoms with van der Waals surface area (Å²) in [7, 11) is 1.57. The van der Waals surface area contributed by atoms with Crippen molar-refractivity contribution in [3.8, 4) is 0 Å². The van der Waals surface area contributed by atoms with E-state index in [1.54, 1.807) is 16.9 Å². The number of carbonyl (C=O) groups is 1. The van der Waals surface area contributed by atoms with Gasteiger partial charge in [-0.2, -0.15) is 26.3 Å². The molecule has 5 rings (SSSR count). The Bertz CT molecular complexity index is 1020. The summed E-state index contributed by atoms with van der Waals surface area (Å²) in [6, 6.07) is 1.56. The minimum Gasteiger partial charge on any atom is -0.379 e. The SMILES string of the molecule is CO[C@@H]1COCC[C@@H]1N[C@@H]1CC[C@](CC(F)(F)F)(C(=O)N2C[C@H]3C[C@H]2CN3c2ccnc(C(F)(F)F)c2)C1. The topological polar surface area (TPSA) is 66.9 Å². The Morgan fingerprint density at radius 1 is 1.21 bits per heavy atom. The summed E-state index contributed by atoms with van der Waals surface area (Å²) in [4.78, 5) is 20.6. The van der Waals surface area contributed by atoms with Crippen LogP contribution in [0.2, 0.25) is 0 Å². The number of hydrogen-bond acceptors (Lipinski definition) is 6. The molecule has 6 atom stereocenters. The molecule has 4 heterocycles. The fourth-order valence-corrected chi connectivity index (χ4v) is 6.81. The van der Waals surface area contributed by atoms with E-state index in [2.05, 4.69) is 10.3 Å². The highest BCUT2D eigenvalue weighted by Crippen LogP contribution is 2.49. The number of aromatic nitrogens is 1. The van der Waals surface area contributed by atoms with Gasteiger partial charge in [0.15, 0.2) is 0 Å². The molecule has 3 aliphatic heterocycles. The number of halogens is 6. The Morgan fingerprint density at radius 3 is 2.66 bits per heavy atom. The van der Waals surface area contributed by atoms with E-state index in [1.165, 1.54) is 6.07 Å². The van der Waals surface area contributed by atoms with Crippen LogP contribution in [0.4, 0.5) is 32.0 Å². The molecule has 38 heavy (non-hydrogen) atoms. The van der Waals surface area contributed by atoms with Gasteiger partial charge in [0.2, 0.25) is 5.91 Å². The first kappa shape index (κ1) is 27.4. The zero-order chi connectivity index (χ0) is 27.3. The number of methoxy groups -OCH3 is 1. The standard InChI is InChI=1S/C25H32F6N4O3/c1-37-20-13-38-7-4-19(20)33-15-2-5-23(10-15,14-24(26,27)28)22(36)35-12-17-8-18(35)11-34(17)16-3-6-32-21(9-16)25(29,30)31/h3,6,9,15,17-20,33H,2,4-5,7-8,10-14H2,1H3/t15-,17-,18+,19+,20-,23+/m1/s1. The molecule has 1 N–H and O–H groups in total. The molecule has 1 saturated carbocycles. The molecular formula is C25H32F6N4O3. The van der Waals surface area contributed by atoms with Crippen molar-refractivity contribution in [1.82, 2.24) is 15.2 Å². The third-order valence-corrected chi connectivity index (χ3v) is 8.52. The van der Waals surface area contributed by atoms with Crippen LogP contribution in [0.3, 0.4) is 0 Å². The van der Waals surface area contributed by atoms with Crippen LogP contribution in [-0.2, 0) is 20.4 Å². The van der Waals surface area contributed by atoms with Gasteiger partial charge in [-0.3, -0.25) is 9.78 Å². The van der Waals surface area contributed by atoms with Crippen molar-refractivity contribution in [3.05, 3.63) is 24.0 Å². The van der Waals surface area contributed by atoms with Crippen molar-refractivity contribution >= 4 is 11.6 Å². The van der Waals surface area contributed by atoms with Crippen molar-refractivity contribution in [2.24, 2.45) is 5.41 Å². The molecule has 1 aromatic heterocycles. The minimum atomic E-state index is -4.58. The largest absolute Gasteiger partial charge is 0.433 e. The Labute approximate surface area is 216 Å². The number of carbonyl (C=O) groups excluding carboxylic acids is 1. The summed E-state index contributed by atoms with van der Waals surface area (Å²) in [5, 5.41) is 3.44. The molecule has 0 unspecified atom stereocenters. The highest BCUT2D eigenvalue weighted by Gasteiger charge is 2.57. The number of amides is 1. The van der Waals surface area contributed by atoms with E-state index in [4.69, 9.17) is 9.47 Å². The summed E-state index contributed by atoms with van der Waals surface area (Å²) in [6.07, 6.45) is -7.54. The highest BCUT2D eigenvalue weighted by atomic mass is 19.4.